The molecule has 114 valence electrons. The highest BCUT2D eigenvalue weighted by Crippen LogP contribution is 2.40. The highest BCUT2D eigenvalue weighted by molar-refractivity contribution is 6.17. The highest BCUT2D eigenvalue weighted by Gasteiger charge is 2.27. The third-order valence-electron chi connectivity index (χ3n) is 3.66. The number of carbonyl (C=O) groups is 1. The van der Waals surface area contributed by atoms with Crippen molar-refractivity contribution in [2.75, 3.05) is 7.11 Å². The topological polar surface area (TPSA) is 79.9 Å². The maximum Gasteiger partial charge on any atom is 0.342 e. The van der Waals surface area contributed by atoms with Gasteiger partial charge in [0.2, 0.25) is 0 Å². The number of esters is 1. The minimum atomic E-state index is -1.21. The summed E-state index contributed by atoms with van der Waals surface area (Å²) in [4.78, 5) is 12.1. The molecule has 0 spiro atoms. The van der Waals surface area contributed by atoms with Crippen molar-refractivity contribution >= 4 is 27.7 Å². The molecule has 0 saturated carbocycles. The number of fused-ring (bicyclic) bond motifs is 3. The zero-order chi connectivity index (χ0) is 16.1. The first-order valence-corrected chi connectivity index (χ1v) is 6.83. The van der Waals surface area contributed by atoms with Gasteiger partial charge in [-0.1, -0.05) is 24.3 Å². The molecule has 5 heteroatoms. The van der Waals surface area contributed by atoms with Gasteiger partial charge in [0.1, 0.15) is 28.3 Å². The molecule has 5 nitrogen and oxygen atoms in total. The summed E-state index contributed by atoms with van der Waals surface area (Å²) in [5, 5.41) is 22.2. The minimum absolute atomic E-state index is 0.0375. The third-order valence-corrected chi connectivity index (χ3v) is 3.66. The number of rotatable bonds is 2. The zero-order valence-electron chi connectivity index (χ0n) is 12.5. The summed E-state index contributed by atoms with van der Waals surface area (Å²) in [7, 11) is 1.25. The lowest BCUT2D eigenvalue weighted by molar-refractivity contribution is 0.0558. The number of hydrogen-bond acceptors (Lipinski definition) is 5. The van der Waals surface area contributed by atoms with Crippen molar-refractivity contribution in [2.24, 2.45) is 0 Å². The van der Waals surface area contributed by atoms with E-state index in [0.29, 0.717) is 27.5 Å². The number of carbonyl (C=O) groups excluding carboxylic acids is 1. The summed E-state index contributed by atoms with van der Waals surface area (Å²) < 4.78 is 10.5. The fourth-order valence-electron chi connectivity index (χ4n) is 2.54. The average Bonchev–Trinajstić information content (AvgIpc) is 2.92. The van der Waals surface area contributed by atoms with Crippen molar-refractivity contribution in [2.45, 2.75) is 19.4 Å². The Balaban J connectivity index is 2.52. The standard InChI is InChI=1S/C17H16O5/c1-17(2,20)12-8-11-13(16(19)21-3)14(18)9-6-4-5-7-10(9)15(11)22-12/h4-8,18,20H,1-3H3. The predicted octanol–water partition coefficient (Wildman–Crippen LogP) is 3.31. The van der Waals surface area contributed by atoms with Gasteiger partial charge in [0, 0.05) is 16.2 Å². The summed E-state index contributed by atoms with van der Waals surface area (Å²) in [5.41, 5.74) is -0.732. The summed E-state index contributed by atoms with van der Waals surface area (Å²) >= 11 is 0. The van der Waals surface area contributed by atoms with Crippen molar-refractivity contribution in [3.8, 4) is 5.75 Å². The van der Waals surface area contributed by atoms with Crippen LogP contribution in [0.4, 0.5) is 0 Å². The first-order chi connectivity index (χ1) is 10.3. The molecule has 1 aromatic heterocycles. The maximum atomic E-state index is 12.1. The Bertz CT molecular complexity index is 883. The molecule has 0 atom stereocenters. The van der Waals surface area contributed by atoms with Gasteiger partial charge >= 0.3 is 5.97 Å². The van der Waals surface area contributed by atoms with Crippen molar-refractivity contribution in [1.82, 2.24) is 0 Å². The monoisotopic (exact) mass is 300 g/mol. The number of phenolic OH excluding ortho intramolecular Hbond substituents is 1. The fourth-order valence-corrected chi connectivity index (χ4v) is 2.54. The molecule has 3 rings (SSSR count). The SMILES string of the molecule is COC(=O)c1c(O)c2ccccc2c2oc(C(C)(C)O)cc12. The predicted molar refractivity (Wildman–Crippen MR) is 82.0 cm³/mol. The molecule has 0 aliphatic heterocycles. The van der Waals surface area contributed by atoms with Gasteiger partial charge in [-0.05, 0) is 19.9 Å². The summed E-state index contributed by atoms with van der Waals surface area (Å²) in [6, 6.07) is 8.62. The molecule has 0 aliphatic rings. The molecular formula is C17H16O5. The van der Waals surface area contributed by atoms with E-state index in [0.717, 1.165) is 0 Å². The van der Waals surface area contributed by atoms with Gasteiger partial charge in [0.05, 0.1) is 7.11 Å². The van der Waals surface area contributed by atoms with Crippen LogP contribution in [0.15, 0.2) is 34.7 Å². The van der Waals surface area contributed by atoms with Gasteiger partial charge in [0.25, 0.3) is 0 Å². The Kier molecular flexibility index (Phi) is 3.11. The second kappa shape index (κ2) is 4.74. The molecule has 22 heavy (non-hydrogen) atoms. The number of phenols is 1. The number of hydrogen-bond donors (Lipinski definition) is 2. The minimum Gasteiger partial charge on any atom is -0.506 e. The third kappa shape index (κ3) is 2.02. The van der Waals surface area contributed by atoms with Gasteiger partial charge in [-0.3, -0.25) is 0 Å². The molecule has 0 aliphatic carbocycles. The molecule has 0 bridgehead atoms. The Morgan fingerprint density at radius 2 is 1.82 bits per heavy atom. The molecule has 1 heterocycles. The second-order valence-corrected chi connectivity index (χ2v) is 5.67. The van der Waals surface area contributed by atoms with Crippen LogP contribution in [0.25, 0.3) is 21.7 Å². The lowest BCUT2D eigenvalue weighted by atomic mass is 9.99. The van der Waals surface area contributed by atoms with Crippen molar-refractivity contribution in [3.05, 3.63) is 41.7 Å². The first kappa shape index (κ1) is 14.4. The second-order valence-electron chi connectivity index (χ2n) is 5.67. The molecule has 0 amide bonds. The quantitative estimate of drug-likeness (QED) is 0.710. The van der Waals surface area contributed by atoms with Crippen LogP contribution in [-0.4, -0.2) is 23.3 Å². The van der Waals surface area contributed by atoms with Crippen LogP contribution in [0.5, 0.6) is 5.75 Å². The number of furan rings is 1. The van der Waals surface area contributed by atoms with Gasteiger partial charge in [-0.15, -0.1) is 0 Å². The molecule has 0 unspecified atom stereocenters. The van der Waals surface area contributed by atoms with Crippen molar-refractivity contribution in [3.63, 3.8) is 0 Å². The Morgan fingerprint density at radius 1 is 1.18 bits per heavy atom. The fraction of sp³-hybridized carbons (Fsp3) is 0.235. The maximum absolute atomic E-state index is 12.1. The molecular weight excluding hydrogens is 284 g/mol. The van der Waals surface area contributed by atoms with E-state index >= 15 is 0 Å². The van der Waals surface area contributed by atoms with E-state index in [1.165, 1.54) is 7.11 Å². The van der Waals surface area contributed by atoms with E-state index in [9.17, 15) is 15.0 Å². The number of methoxy groups -OCH3 is 1. The summed E-state index contributed by atoms with van der Waals surface area (Å²) in [6.45, 7) is 3.18. The molecule has 0 saturated heterocycles. The Hall–Kier alpha value is -2.53. The number of ether oxygens (including phenoxy) is 1. The number of aromatic hydroxyl groups is 1. The van der Waals surface area contributed by atoms with Gasteiger partial charge in [-0.25, -0.2) is 4.79 Å². The summed E-state index contributed by atoms with van der Waals surface area (Å²) in [5.74, 6) is -0.502. The van der Waals surface area contributed by atoms with Gasteiger partial charge in [0.15, 0.2) is 0 Å². The van der Waals surface area contributed by atoms with E-state index in [1.54, 1.807) is 38.1 Å². The molecule has 3 aromatic rings. The van der Waals surface area contributed by atoms with Crippen LogP contribution in [0.2, 0.25) is 0 Å². The molecule has 0 radical (unpaired) electrons. The molecule has 2 aromatic carbocycles. The number of benzene rings is 2. The van der Waals surface area contributed by atoms with Gasteiger partial charge in [-0.2, -0.15) is 0 Å². The lowest BCUT2D eigenvalue weighted by Crippen LogP contribution is -2.13. The van der Waals surface area contributed by atoms with Crippen LogP contribution in [0.3, 0.4) is 0 Å². The zero-order valence-corrected chi connectivity index (χ0v) is 12.5. The van der Waals surface area contributed by atoms with Crippen molar-refractivity contribution < 1.29 is 24.2 Å². The van der Waals surface area contributed by atoms with E-state index in [4.69, 9.17) is 9.15 Å². The van der Waals surface area contributed by atoms with Gasteiger partial charge < -0.3 is 19.4 Å². The van der Waals surface area contributed by atoms with Crippen LogP contribution < -0.4 is 0 Å². The normalized spacial score (nSPS) is 12.0. The molecule has 2 N–H and O–H groups in total. The van der Waals surface area contributed by atoms with E-state index in [2.05, 4.69) is 0 Å². The Labute approximate surface area is 126 Å². The van der Waals surface area contributed by atoms with Crippen LogP contribution in [0, 0.1) is 0 Å². The smallest absolute Gasteiger partial charge is 0.342 e. The van der Waals surface area contributed by atoms with Crippen LogP contribution >= 0.6 is 0 Å². The van der Waals surface area contributed by atoms with Crippen LogP contribution in [0.1, 0.15) is 30.0 Å². The highest BCUT2D eigenvalue weighted by atomic mass is 16.5. The Morgan fingerprint density at radius 3 is 2.41 bits per heavy atom. The average molecular weight is 300 g/mol. The van der Waals surface area contributed by atoms with Crippen molar-refractivity contribution in [1.29, 1.82) is 0 Å². The lowest BCUT2D eigenvalue weighted by Gasteiger charge is -2.12. The van der Waals surface area contributed by atoms with Crippen LogP contribution in [-0.2, 0) is 10.3 Å². The molecule has 0 fully saturated rings. The van der Waals surface area contributed by atoms with E-state index in [1.807, 2.05) is 6.07 Å². The van der Waals surface area contributed by atoms with E-state index < -0.39 is 11.6 Å². The van der Waals surface area contributed by atoms with E-state index in [-0.39, 0.29) is 11.3 Å². The number of aliphatic hydroxyl groups is 1. The largest absolute Gasteiger partial charge is 0.506 e. The summed E-state index contributed by atoms with van der Waals surface area (Å²) in [6.07, 6.45) is 0. The first-order valence-electron chi connectivity index (χ1n) is 6.83.